The molecular formula is C8H11NO2. The van der Waals surface area contributed by atoms with Gasteiger partial charge < -0.3 is 15.2 Å². The first kappa shape index (κ1) is 7.88. The minimum Gasteiger partial charge on any atom is -0.491 e. The lowest BCUT2D eigenvalue weighted by Crippen LogP contribution is -1.97. The van der Waals surface area contributed by atoms with Crippen molar-refractivity contribution in [1.82, 2.24) is 5.32 Å². The summed E-state index contributed by atoms with van der Waals surface area (Å²) in [6.07, 6.45) is 9.03. The van der Waals surface area contributed by atoms with Crippen LogP contribution in [0.5, 0.6) is 0 Å². The summed E-state index contributed by atoms with van der Waals surface area (Å²) in [7, 11) is 0. The van der Waals surface area contributed by atoms with Gasteiger partial charge in [0.1, 0.15) is 12.4 Å². The molecule has 0 spiro atoms. The molecule has 0 fully saturated rings. The molecule has 0 aromatic rings. The summed E-state index contributed by atoms with van der Waals surface area (Å²) < 4.78 is 5.15. The Morgan fingerprint density at radius 1 is 1.45 bits per heavy atom. The van der Waals surface area contributed by atoms with E-state index in [9.17, 15) is 0 Å². The van der Waals surface area contributed by atoms with E-state index in [4.69, 9.17) is 9.84 Å². The molecule has 0 bridgehead atoms. The molecular weight excluding hydrogens is 142 g/mol. The molecule has 0 saturated carbocycles. The molecule has 2 N–H and O–H groups in total. The van der Waals surface area contributed by atoms with Crippen molar-refractivity contribution >= 4 is 0 Å². The SMILES string of the molecule is OCCOC1=CC=CNC=C1. The maximum atomic E-state index is 8.46. The molecule has 0 aromatic carbocycles. The number of nitrogens with one attached hydrogen (secondary N) is 1. The Morgan fingerprint density at radius 2 is 2.36 bits per heavy atom. The second-order valence-corrected chi connectivity index (χ2v) is 2.00. The summed E-state index contributed by atoms with van der Waals surface area (Å²) in [5.41, 5.74) is 0. The van der Waals surface area contributed by atoms with E-state index in [-0.39, 0.29) is 6.61 Å². The van der Waals surface area contributed by atoms with Gasteiger partial charge in [0.05, 0.1) is 6.61 Å². The Labute approximate surface area is 65.7 Å². The van der Waals surface area contributed by atoms with Crippen LogP contribution >= 0.6 is 0 Å². The predicted octanol–water partition coefficient (Wildman–Crippen LogP) is 0.510. The van der Waals surface area contributed by atoms with E-state index in [1.807, 2.05) is 12.2 Å². The zero-order valence-corrected chi connectivity index (χ0v) is 6.16. The topological polar surface area (TPSA) is 41.5 Å². The fourth-order valence-corrected chi connectivity index (χ4v) is 0.700. The van der Waals surface area contributed by atoms with Gasteiger partial charge in [0.15, 0.2) is 0 Å². The monoisotopic (exact) mass is 153 g/mol. The number of hydrogen-bond acceptors (Lipinski definition) is 3. The fourth-order valence-electron chi connectivity index (χ4n) is 0.700. The quantitative estimate of drug-likeness (QED) is 0.620. The Morgan fingerprint density at radius 3 is 3.18 bits per heavy atom. The molecule has 0 radical (unpaired) electrons. The van der Waals surface area contributed by atoms with Gasteiger partial charge in [0, 0.05) is 12.4 Å². The normalized spacial score (nSPS) is 15.2. The molecule has 0 unspecified atom stereocenters. The highest BCUT2D eigenvalue weighted by atomic mass is 16.5. The lowest BCUT2D eigenvalue weighted by atomic mass is 10.4. The molecule has 1 aliphatic rings. The first-order chi connectivity index (χ1) is 5.43. The molecule has 0 aliphatic carbocycles. The molecule has 1 rings (SSSR count). The average Bonchev–Trinajstić information content (AvgIpc) is 2.28. The molecule has 11 heavy (non-hydrogen) atoms. The number of allylic oxidation sites excluding steroid dienone is 3. The van der Waals surface area contributed by atoms with E-state index in [0.717, 1.165) is 5.76 Å². The van der Waals surface area contributed by atoms with Crippen molar-refractivity contribution in [3.63, 3.8) is 0 Å². The van der Waals surface area contributed by atoms with Gasteiger partial charge in [-0.25, -0.2) is 0 Å². The second-order valence-electron chi connectivity index (χ2n) is 2.00. The van der Waals surface area contributed by atoms with Gasteiger partial charge in [-0.3, -0.25) is 0 Å². The van der Waals surface area contributed by atoms with Gasteiger partial charge in [-0.15, -0.1) is 0 Å². The van der Waals surface area contributed by atoms with Gasteiger partial charge in [-0.05, 0) is 18.2 Å². The number of rotatable bonds is 3. The number of ether oxygens (including phenoxy) is 1. The maximum absolute atomic E-state index is 8.46. The van der Waals surface area contributed by atoms with Crippen LogP contribution < -0.4 is 5.32 Å². The van der Waals surface area contributed by atoms with E-state index >= 15 is 0 Å². The van der Waals surface area contributed by atoms with Gasteiger partial charge in [-0.2, -0.15) is 0 Å². The van der Waals surface area contributed by atoms with Crippen LogP contribution in [0.1, 0.15) is 0 Å². The van der Waals surface area contributed by atoms with Crippen LogP contribution in [-0.2, 0) is 4.74 Å². The van der Waals surface area contributed by atoms with Crippen LogP contribution in [-0.4, -0.2) is 18.3 Å². The van der Waals surface area contributed by atoms with E-state index < -0.39 is 0 Å². The highest BCUT2D eigenvalue weighted by molar-refractivity contribution is 5.21. The smallest absolute Gasteiger partial charge is 0.120 e. The number of hydrogen-bond donors (Lipinski definition) is 2. The fraction of sp³-hybridized carbons (Fsp3) is 0.250. The summed E-state index contributed by atoms with van der Waals surface area (Å²) in [6, 6.07) is 0. The average molecular weight is 153 g/mol. The summed E-state index contributed by atoms with van der Waals surface area (Å²) in [6.45, 7) is 0.381. The zero-order valence-electron chi connectivity index (χ0n) is 6.16. The third kappa shape index (κ3) is 2.91. The van der Waals surface area contributed by atoms with E-state index in [1.165, 1.54) is 0 Å². The Hall–Kier alpha value is -1.22. The van der Waals surface area contributed by atoms with E-state index in [1.54, 1.807) is 18.5 Å². The third-order valence-electron chi connectivity index (χ3n) is 1.16. The van der Waals surface area contributed by atoms with E-state index in [0.29, 0.717) is 6.61 Å². The van der Waals surface area contributed by atoms with Crippen LogP contribution in [0.3, 0.4) is 0 Å². The van der Waals surface area contributed by atoms with Crippen molar-refractivity contribution in [1.29, 1.82) is 0 Å². The minimum absolute atomic E-state index is 0.0440. The van der Waals surface area contributed by atoms with Crippen LogP contribution in [0, 0.1) is 0 Å². The van der Waals surface area contributed by atoms with Crippen molar-refractivity contribution in [3.8, 4) is 0 Å². The molecule has 3 heteroatoms. The molecule has 0 aromatic heterocycles. The summed E-state index contributed by atoms with van der Waals surface area (Å²) in [5, 5.41) is 11.4. The molecule has 1 heterocycles. The molecule has 60 valence electrons. The summed E-state index contributed by atoms with van der Waals surface area (Å²) in [4.78, 5) is 0. The van der Waals surface area contributed by atoms with Crippen LogP contribution in [0.4, 0.5) is 0 Å². The first-order valence-corrected chi connectivity index (χ1v) is 3.46. The Kier molecular flexibility index (Phi) is 3.28. The van der Waals surface area contributed by atoms with Crippen LogP contribution in [0.15, 0.2) is 36.4 Å². The van der Waals surface area contributed by atoms with Crippen molar-refractivity contribution in [2.24, 2.45) is 0 Å². The largest absolute Gasteiger partial charge is 0.491 e. The van der Waals surface area contributed by atoms with Gasteiger partial charge in [0.25, 0.3) is 0 Å². The number of aliphatic hydroxyl groups excluding tert-OH is 1. The standard InChI is InChI=1S/C8H11NO2/c10-6-7-11-8-2-1-4-9-5-3-8/h1-5,9-10H,6-7H2. The van der Waals surface area contributed by atoms with Crippen molar-refractivity contribution in [2.45, 2.75) is 0 Å². The summed E-state index contributed by atoms with van der Waals surface area (Å²) >= 11 is 0. The molecule has 0 atom stereocenters. The summed E-state index contributed by atoms with van der Waals surface area (Å²) in [5.74, 6) is 0.750. The maximum Gasteiger partial charge on any atom is 0.120 e. The first-order valence-electron chi connectivity index (χ1n) is 3.46. The lowest BCUT2D eigenvalue weighted by Gasteiger charge is -2.01. The van der Waals surface area contributed by atoms with Gasteiger partial charge >= 0.3 is 0 Å². The van der Waals surface area contributed by atoms with Crippen molar-refractivity contribution in [2.75, 3.05) is 13.2 Å². The van der Waals surface area contributed by atoms with Gasteiger partial charge in [-0.1, -0.05) is 0 Å². The minimum atomic E-state index is 0.0440. The molecule has 0 amide bonds. The van der Waals surface area contributed by atoms with Crippen molar-refractivity contribution < 1.29 is 9.84 Å². The molecule has 0 saturated heterocycles. The highest BCUT2D eigenvalue weighted by Crippen LogP contribution is 2.00. The zero-order chi connectivity index (χ0) is 7.94. The molecule has 1 aliphatic heterocycles. The highest BCUT2D eigenvalue weighted by Gasteiger charge is 1.91. The Balaban J connectivity index is 2.42. The van der Waals surface area contributed by atoms with Gasteiger partial charge in [0.2, 0.25) is 0 Å². The van der Waals surface area contributed by atoms with Crippen LogP contribution in [0.25, 0.3) is 0 Å². The number of aliphatic hydroxyl groups is 1. The predicted molar refractivity (Wildman–Crippen MR) is 42.5 cm³/mol. The third-order valence-corrected chi connectivity index (χ3v) is 1.16. The lowest BCUT2D eigenvalue weighted by molar-refractivity contribution is 0.152. The Bertz CT molecular complexity index is 194. The molecule has 3 nitrogen and oxygen atoms in total. The van der Waals surface area contributed by atoms with Crippen LogP contribution in [0.2, 0.25) is 0 Å². The second kappa shape index (κ2) is 4.57. The van der Waals surface area contributed by atoms with E-state index in [2.05, 4.69) is 5.32 Å². The van der Waals surface area contributed by atoms with Crippen molar-refractivity contribution in [3.05, 3.63) is 36.4 Å².